The molecule has 4 fully saturated rings. The van der Waals surface area contributed by atoms with Crippen LogP contribution in [0.4, 0.5) is 0 Å². The first-order valence-corrected chi connectivity index (χ1v) is 8.48. The third kappa shape index (κ3) is 4.17. The third-order valence-electron chi connectivity index (χ3n) is 5.15. The summed E-state index contributed by atoms with van der Waals surface area (Å²) in [6.45, 7) is 8.10. The van der Waals surface area contributed by atoms with Gasteiger partial charge in [-0.3, -0.25) is 4.90 Å². The molecule has 0 spiro atoms. The van der Waals surface area contributed by atoms with E-state index in [1.807, 2.05) is 0 Å². The lowest BCUT2D eigenvalue weighted by Crippen LogP contribution is -2.47. The predicted octanol–water partition coefficient (Wildman–Crippen LogP) is 1.06. The third-order valence-corrected chi connectivity index (χ3v) is 5.15. The van der Waals surface area contributed by atoms with Crippen molar-refractivity contribution in [2.75, 3.05) is 39.5 Å². The zero-order valence-corrected chi connectivity index (χ0v) is 12.9. The van der Waals surface area contributed by atoms with E-state index < -0.39 is 0 Å². The highest BCUT2D eigenvalue weighted by Crippen LogP contribution is 2.32. The molecule has 3 heterocycles. The van der Waals surface area contributed by atoms with E-state index >= 15 is 0 Å². The molecule has 0 aromatic carbocycles. The van der Waals surface area contributed by atoms with Crippen molar-refractivity contribution in [1.29, 1.82) is 0 Å². The Kier molecular flexibility index (Phi) is 4.20. The van der Waals surface area contributed by atoms with Crippen molar-refractivity contribution in [2.45, 2.75) is 56.6 Å². The minimum Gasteiger partial charge on any atom is -0.375 e. The van der Waals surface area contributed by atoms with Gasteiger partial charge in [-0.25, -0.2) is 0 Å². The maximum atomic E-state index is 6.00. The molecule has 3 aliphatic heterocycles. The fourth-order valence-electron chi connectivity index (χ4n) is 3.65. The Morgan fingerprint density at radius 2 is 1.57 bits per heavy atom. The molecule has 0 radical (unpaired) electrons. The van der Waals surface area contributed by atoms with Gasteiger partial charge in [0.2, 0.25) is 0 Å². The molecule has 0 aromatic heterocycles. The Morgan fingerprint density at radius 1 is 0.952 bits per heavy atom. The first-order chi connectivity index (χ1) is 10.3. The van der Waals surface area contributed by atoms with Gasteiger partial charge in [0.1, 0.15) is 6.10 Å². The molecule has 3 saturated heterocycles. The summed E-state index contributed by atoms with van der Waals surface area (Å²) in [7, 11) is 0. The predicted molar refractivity (Wildman–Crippen MR) is 77.3 cm³/mol. The lowest BCUT2D eigenvalue weighted by Gasteiger charge is -2.41. The van der Waals surface area contributed by atoms with Crippen molar-refractivity contribution in [3.05, 3.63) is 0 Å². The second kappa shape index (κ2) is 6.13. The van der Waals surface area contributed by atoms with E-state index in [9.17, 15) is 0 Å². The Hall–Kier alpha value is -0.200. The zero-order chi connectivity index (χ0) is 14.2. The van der Waals surface area contributed by atoms with Gasteiger partial charge < -0.3 is 18.9 Å². The van der Waals surface area contributed by atoms with E-state index in [2.05, 4.69) is 11.8 Å². The molecule has 4 aliphatic rings. The average molecular weight is 297 g/mol. The highest BCUT2D eigenvalue weighted by Gasteiger charge is 2.38. The fraction of sp³-hybridized carbons (Fsp3) is 1.00. The van der Waals surface area contributed by atoms with Gasteiger partial charge >= 0.3 is 0 Å². The summed E-state index contributed by atoms with van der Waals surface area (Å²) < 4.78 is 22.1. The molecule has 120 valence electrons. The number of hydrogen-bond donors (Lipinski definition) is 0. The molecule has 5 nitrogen and oxygen atoms in total. The number of ether oxygens (including phenoxy) is 4. The molecule has 4 rings (SSSR count). The maximum absolute atomic E-state index is 6.00. The van der Waals surface area contributed by atoms with Crippen LogP contribution in [0.5, 0.6) is 0 Å². The largest absolute Gasteiger partial charge is 0.375 e. The summed E-state index contributed by atoms with van der Waals surface area (Å²) in [5, 5.41) is 0. The molecule has 6 atom stereocenters. The fourth-order valence-corrected chi connectivity index (χ4v) is 3.65. The molecular formula is C16H27NO4. The second-order valence-electron chi connectivity index (χ2n) is 7.13. The van der Waals surface area contributed by atoms with Crippen LogP contribution in [0.25, 0.3) is 0 Å². The minimum absolute atomic E-state index is 0.383. The Morgan fingerprint density at radius 3 is 2.10 bits per heavy atom. The van der Waals surface area contributed by atoms with Crippen LogP contribution in [0.15, 0.2) is 0 Å². The Balaban J connectivity index is 1.28. The van der Waals surface area contributed by atoms with Crippen LogP contribution >= 0.6 is 0 Å². The lowest BCUT2D eigenvalue weighted by atomic mass is 9.83. The number of nitrogens with zero attached hydrogens (tertiary/aromatic N) is 1. The van der Waals surface area contributed by atoms with E-state index in [1.165, 1.54) is 19.3 Å². The van der Waals surface area contributed by atoms with Crippen molar-refractivity contribution in [3.63, 3.8) is 0 Å². The van der Waals surface area contributed by atoms with Crippen LogP contribution < -0.4 is 0 Å². The summed E-state index contributed by atoms with van der Waals surface area (Å²) in [6.07, 6.45) is 5.33. The molecule has 5 heteroatoms. The van der Waals surface area contributed by atoms with E-state index in [0.29, 0.717) is 36.4 Å². The van der Waals surface area contributed by atoms with Gasteiger partial charge in [0, 0.05) is 19.1 Å². The van der Waals surface area contributed by atoms with Gasteiger partial charge in [-0.1, -0.05) is 6.92 Å². The maximum Gasteiger partial charge on any atom is 0.104 e. The average Bonchev–Trinajstić information content (AvgIpc) is 3.33. The molecule has 0 bridgehead atoms. The molecule has 0 N–H and O–H groups in total. The van der Waals surface area contributed by atoms with Gasteiger partial charge in [-0.05, 0) is 25.2 Å². The molecule has 0 amide bonds. The molecule has 0 aromatic rings. The standard InChI is InChI=1S/C16H27NO4/c1-11-4-12(18-9-15-10-21-15)2-3-16(11)17(5-13-7-19-13)6-14-8-20-14/h11-16H,2-10H2,1H3. The zero-order valence-electron chi connectivity index (χ0n) is 12.9. The van der Waals surface area contributed by atoms with Crippen LogP contribution in [0.1, 0.15) is 26.2 Å². The van der Waals surface area contributed by atoms with Crippen LogP contribution in [0.3, 0.4) is 0 Å². The lowest BCUT2D eigenvalue weighted by molar-refractivity contribution is -0.0213. The van der Waals surface area contributed by atoms with Gasteiger partial charge in [0.05, 0.1) is 44.7 Å². The van der Waals surface area contributed by atoms with Crippen molar-refractivity contribution >= 4 is 0 Å². The topological polar surface area (TPSA) is 50.1 Å². The first kappa shape index (κ1) is 14.4. The smallest absolute Gasteiger partial charge is 0.104 e. The van der Waals surface area contributed by atoms with E-state index in [0.717, 1.165) is 39.5 Å². The Labute approximate surface area is 126 Å². The van der Waals surface area contributed by atoms with Crippen LogP contribution in [-0.4, -0.2) is 74.9 Å². The Bertz CT molecular complexity index is 340. The van der Waals surface area contributed by atoms with E-state index in [1.54, 1.807) is 0 Å². The summed E-state index contributed by atoms with van der Waals surface area (Å²) in [5.41, 5.74) is 0. The summed E-state index contributed by atoms with van der Waals surface area (Å²) >= 11 is 0. The van der Waals surface area contributed by atoms with Crippen LogP contribution in [0, 0.1) is 5.92 Å². The summed E-state index contributed by atoms with van der Waals surface area (Å²) in [4.78, 5) is 2.63. The van der Waals surface area contributed by atoms with Gasteiger partial charge in [0.25, 0.3) is 0 Å². The highest BCUT2D eigenvalue weighted by atomic mass is 16.6. The molecule has 21 heavy (non-hydrogen) atoms. The van der Waals surface area contributed by atoms with Crippen LogP contribution in [0.2, 0.25) is 0 Å². The highest BCUT2D eigenvalue weighted by molar-refractivity contribution is 4.90. The second-order valence-corrected chi connectivity index (χ2v) is 7.13. The molecule has 6 unspecified atom stereocenters. The normalized spacial score (nSPS) is 44.9. The van der Waals surface area contributed by atoms with Crippen LogP contribution in [-0.2, 0) is 18.9 Å². The number of epoxide rings is 3. The van der Waals surface area contributed by atoms with Crippen molar-refractivity contribution in [2.24, 2.45) is 5.92 Å². The van der Waals surface area contributed by atoms with E-state index in [4.69, 9.17) is 18.9 Å². The summed E-state index contributed by atoms with van der Waals surface area (Å²) in [6, 6.07) is 0.662. The molecular weight excluding hydrogens is 270 g/mol. The molecule has 1 aliphatic carbocycles. The van der Waals surface area contributed by atoms with E-state index in [-0.39, 0.29) is 0 Å². The number of hydrogen-bond acceptors (Lipinski definition) is 5. The molecule has 1 saturated carbocycles. The van der Waals surface area contributed by atoms with Gasteiger partial charge in [-0.2, -0.15) is 0 Å². The van der Waals surface area contributed by atoms with Crippen molar-refractivity contribution in [3.8, 4) is 0 Å². The quantitative estimate of drug-likeness (QED) is 0.627. The minimum atomic E-state index is 0.383. The monoisotopic (exact) mass is 297 g/mol. The first-order valence-electron chi connectivity index (χ1n) is 8.48. The summed E-state index contributed by atoms with van der Waals surface area (Å²) in [5.74, 6) is 0.682. The van der Waals surface area contributed by atoms with Gasteiger partial charge in [0.15, 0.2) is 0 Å². The van der Waals surface area contributed by atoms with Crippen molar-refractivity contribution in [1.82, 2.24) is 4.90 Å². The number of rotatable bonds is 8. The van der Waals surface area contributed by atoms with Crippen molar-refractivity contribution < 1.29 is 18.9 Å². The van der Waals surface area contributed by atoms with Gasteiger partial charge in [-0.15, -0.1) is 0 Å². The SMILES string of the molecule is CC1CC(OCC2CO2)CCC1N(CC1CO1)CC1CO1.